The Labute approximate surface area is 140 Å². The maximum Gasteiger partial charge on any atom is 0.316 e. The van der Waals surface area contributed by atoms with Crippen LogP contribution in [0.4, 0.5) is 0 Å². The van der Waals surface area contributed by atoms with Crippen molar-refractivity contribution in [2.75, 3.05) is 19.8 Å². The Morgan fingerprint density at radius 1 is 1.26 bits per heavy atom. The first-order chi connectivity index (χ1) is 11.4. The van der Waals surface area contributed by atoms with Gasteiger partial charge in [0.05, 0.1) is 19.3 Å². The third kappa shape index (κ3) is 3.39. The molecule has 1 aliphatic heterocycles. The molecule has 1 aliphatic carbocycles. The summed E-state index contributed by atoms with van der Waals surface area (Å²) in [6.45, 7) is 3.51. The summed E-state index contributed by atoms with van der Waals surface area (Å²) in [4.78, 5) is 12.3. The van der Waals surface area contributed by atoms with Crippen LogP contribution in [0.15, 0.2) is 36.0 Å². The molecule has 0 unspecified atom stereocenters. The third-order valence-corrected chi connectivity index (χ3v) is 5.60. The largest absolute Gasteiger partial charge is 0.463 e. The zero-order chi connectivity index (χ0) is 15.5. The van der Waals surface area contributed by atoms with Gasteiger partial charge in [-0.1, -0.05) is 6.07 Å². The first-order valence-electron chi connectivity index (χ1n) is 8.18. The van der Waals surface area contributed by atoms with Gasteiger partial charge in [0.15, 0.2) is 0 Å². The lowest BCUT2D eigenvalue weighted by molar-refractivity contribution is -0.0817. The summed E-state index contributed by atoms with van der Waals surface area (Å²) in [7, 11) is 0. The van der Waals surface area contributed by atoms with Crippen molar-refractivity contribution in [3.63, 3.8) is 0 Å². The monoisotopic (exact) mass is 331 g/mol. The molecule has 3 heterocycles. The van der Waals surface area contributed by atoms with Crippen molar-refractivity contribution >= 4 is 11.3 Å². The lowest BCUT2D eigenvalue weighted by Crippen LogP contribution is -2.50. The second-order valence-electron chi connectivity index (χ2n) is 6.13. The summed E-state index contributed by atoms with van der Waals surface area (Å²) in [6, 6.07) is 7.12. The second-order valence-corrected chi connectivity index (χ2v) is 7.16. The quantitative estimate of drug-likeness (QED) is 0.843. The smallest absolute Gasteiger partial charge is 0.316 e. The van der Waals surface area contributed by atoms with Crippen molar-refractivity contribution in [1.82, 2.24) is 14.9 Å². The highest BCUT2D eigenvalue weighted by molar-refractivity contribution is 7.09. The highest BCUT2D eigenvalue weighted by Gasteiger charge is 2.42. The van der Waals surface area contributed by atoms with Crippen LogP contribution < -0.4 is 4.74 Å². The molecule has 0 spiro atoms. The van der Waals surface area contributed by atoms with Gasteiger partial charge in [0.1, 0.15) is 0 Å². The molecule has 4 rings (SSSR count). The maximum absolute atomic E-state index is 6.09. The second kappa shape index (κ2) is 6.95. The van der Waals surface area contributed by atoms with Crippen LogP contribution in [-0.2, 0) is 11.3 Å². The summed E-state index contributed by atoms with van der Waals surface area (Å²) in [5, 5.41) is 2.15. The number of morpholine rings is 1. The standard InChI is InChI=1S/C17H21N3O2S/c1-3-14(23-10-1)11-20-8-9-21-16-13(4-5-15(16)20)12-22-17-18-6-2-7-19-17/h1-3,6-7,10,13,15-16H,4-5,8-9,11-12H2/t13-,15-,16-/m0/s1. The van der Waals surface area contributed by atoms with Gasteiger partial charge in [-0.3, -0.25) is 4.90 Å². The van der Waals surface area contributed by atoms with Crippen molar-refractivity contribution in [1.29, 1.82) is 0 Å². The fraction of sp³-hybridized carbons (Fsp3) is 0.529. The van der Waals surface area contributed by atoms with E-state index in [9.17, 15) is 0 Å². The average Bonchev–Trinajstić information content (AvgIpc) is 3.24. The highest BCUT2D eigenvalue weighted by atomic mass is 32.1. The molecular formula is C17H21N3O2S. The number of aromatic nitrogens is 2. The van der Waals surface area contributed by atoms with Gasteiger partial charge in [0, 0.05) is 42.3 Å². The molecular weight excluding hydrogens is 310 g/mol. The molecule has 1 saturated heterocycles. The van der Waals surface area contributed by atoms with Gasteiger partial charge < -0.3 is 9.47 Å². The zero-order valence-corrected chi connectivity index (χ0v) is 13.8. The minimum atomic E-state index is 0.271. The van der Waals surface area contributed by atoms with E-state index >= 15 is 0 Å². The van der Waals surface area contributed by atoms with Crippen LogP contribution in [0.25, 0.3) is 0 Å². The Balaban J connectivity index is 1.37. The molecule has 2 aromatic rings. The molecule has 0 aromatic carbocycles. The minimum absolute atomic E-state index is 0.271. The summed E-state index contributed by atoms with van der Waals surface area (Å²) in [5.41, 5.74) is 0. The first kappa shape index (κ1) is 15.1. The van der Waals surface area contributed by atoms with Crippen molar-refractivity contribution in [2.24, 2.45) is 5.92 Å². The zero-order valence-electron chi connectivity index (χ0n) is 13.0. The number of rotatable bonds is 5. The fourth-order valence-corrected chi connectivity index (χ4v) is 4.39. The lowest BCUT2D eigenvalue weighted by Gasteiger charge is -2.39. The van der Waals surface area contributed by atoms with E-state index in [2.05, 4.69) is 32.4 Å². The summed E-state index contributed by atoms with van der Waals surface area (Å²) in [6.07, 6.45) is 6.01. The van der Waals surface area contributed by atoms with Gasteiger partial charge in [-0.15, -0.1) is 11.3 Å². The molecule has 0 N–H and O–H groups in total. The Hall–Kier alpha value is -1.50. The van der Waals surface area contributed by atoms with Crippen LogP contribution in [0, 0.1) is 5.92 Å². The molecule has 3 atom stereocenters. The molecule has 122 valence electrons. The number of fused-ring (bicyclic) bond motifs is 1. The SMILES string of the molecule is c1cnc(OC[C@@H]2CC[C@H]3[C@H]2OCCN3Cc2cccs2)nc1. The third-order valence-electron chi connectivity index (χ3n) is 4.74. The van der Waals surface area contributed by atoms with E-state index in [0.29, 0.717) is 24.6 Å². The van der Waals surface area contributed by atoms with Crippen LogP contribution in [0.1, 0.15) is 17.7 Å². The number of thiophene rings is 1. The summed E-state index contributed by atoms with van der Waals surface area (Å²) < 4.78 is 11.9. The van der Waals surface area contributed by atoms with Gasteiger partial charge in [-0.05, 0) is 30.4 Å². The molecule has 5 nitrogen and oxygen atoms in total. The fourth-order valence-electron chi connectivity index (χ4n) is 3.66. The molecule has 6 heteroatoms. The minimum Gasteiger partial charge on any atom is -0.463 e. The van der Waals surface area contributed by atoms with Crippen molar-refractivity contribution in [3.8, 4) is 6.01 Å². The van der Waals surface area contributed by atoms with Crippen LogP contribution in [0.5, 0.6) is 6.01 Å². The molecule has 2 aromatic heterocycles. The number of hydrogen-bond donors (Lipinski definition) is 0. The lowest BCUT2D eigenvalue weighted by atomic mass is 10.0. The number of ether oxygens (including phenoxy) is 2. The molecule has 2 fully saturated rings. The molecule has 0 bridgehead atoms. The van der Waals surface area contributed by atoms with Gasteiger partial charge in [0.2, 0.25) is 0 Å². The van der Waals surface area contributed by atoms with Crippen molar-refractivity contribution < 1.29 is 9.47 Å². The van der Waals surface area contributed by atoms with E-state index in [1.54, 1.807) is 18.5 Å². The molecule has 1 saturated carbocycles. The van der Waals surface area contributed by atoms with E-state index in [-0.39, 0.29) is 6.10 Å². The van der Waals surface area contributed by atoms with Crippen LogP contribution in [-0.4, -0.2) is 46.8 Å². The van der Waals surface area contributed by atoms with Crippen molar-refractivity contribution in [2.45, 2.75) is 31.5 Å². The van der Waals surface area contributed by atoms with E-state index in [4.69, 9.17) is 9.47 Å². The molecule has 23 heavy (non-hydrogen) atoms. The maximum atomic E-state index is 6.09. The summed E-state index contributed by atoms with van der Waals surface area (Å²) in [5.74, 6) is 0.426. The molecule has 0 amide bonds. The molecule has 2 aliphatic rings. The highest BCUT2D eigenvalue weighted by Crippen LogP contribution is 2.35. The van der Waals surface area contributed by atoms with Gasteiger partial charge in [0.25, 0.3) is 0 Å². The van der Waals surface area contributed by atoms with Crippen LogP contribution in [0.2, 0.25) is 0 Å². The van der Waals surface area contributed by atoms with E-state index in [1.165, 1.54) is 11.3 Å². The van der Waals surface area contributed by atoms with E-state index in [0.717, 1.165) is 26.1 Å². The Morgan fingerprint density at radius 2 is 2.17 bits per heavy atom. The van der Waals surface area contributed by atoms with E-state index < -0.39 is 0 Å². The van der Waals surface area contributed by atoms with Gasteiger partial charge >= 0.3 is 6.01 Å². The Bertz CT molecular complexity index is 608. The first-order valence-corrected chi connectivity index (χ1v) is 9.06. The van der Waals surface area contributed by atoms with Gasteiger partial charge in [-0.2, -0.15) is 0 Å². The number of nitrogens with zero attached hydrogens (tertiary/aromatic N) is 3. The van der Waals surface area contributed by atoms with Crippen LogP contribution in [0.3, 0.4) is 0 Å². The van der Waals surface area contributed by atoms with Crippen molar-refractivity contribution in [3.05, 3.63) is 40.8 Å². The normalized spacial score (nSPS) is 27.7. The average molecular weight is 331 g/mol. The topological polar surface area (TPSA) is 47.5 Å². The van der Waals surface area contributed by atoms with Gasteiger partial charge in [-0.25, -0.2) is 9.97 Å². The predicted molar refractivity (Wildman–Crippen MR) is 88.5 cm³/mol. The Morgan fingerprint density at radius 3 is 3.00 bits per heavy atom. The van der Waals surface area contributed by atoms with Crippen LogP contribution >= 0.6 is 11.3 Å². The Kier molecular flexibility index (Phi) is 4.55. The molecule has 0 radical (unpaired) electrons. The van der Waals surface area contributed by atoms with E-state index in [1.807, 2.05) is 11.3 Å². The summed E-state index contributed by atoms with van der Waals surface area (Å²) >= 11 is 1.84. The number of hydrogen-bond acceptors (Lipinski definition) is 6. The predicted octanol–water partition coefficient (Wildman–Crippen LogP) is 2.60.